The lowest BCUT2D eigenvalue weighted by atomic mass is 10.3. The van der Waals surface area contributed by atoms with Crippen LogP contribution in [0, 0.1) is 0 Å². The Bertz CT molecular complexity index is 863. The van der Waals surface area contributed by atoms with E-state index in [0.717, 1.165) is 0 Å². The molecule has 1 amide bonds. The van der Waals surface area contributed by atoms with Crippen molar-refractivity contribution in [2.45, 2.75) is 12.7 Å². The number of halogens is 4. The molecule has 10 heteroatoms. The summed E-state index contributed by atoms with van der Waals surface area (Å²) in [5.41, 5.74) is -1.46. The largest absolute Gasteiger partial charge is 0.454 e. The topological polar surface area (TPSA) is 77.4 Å². The fourth-order valence-electron chi connectivity index (χ4n) is 1.88. The van der Waals surface area contributed by atoms with Crippen molar-refractivity contribution >= 4 is 29.2 Å². The summed E-state index contributed by atoms with van der Waals surface area (Å²) in [7, 11) is 0. The van der Waals surface area contributed by atoms with Crippen LogP contribution < -0.4 is 10.9 Å². The van der Waals surface area contributed by atoms with Crippen molar-refractivity contribution in [1.29, 1.82) is 0 Å². The number of amides is 1. The second-order valence-electron chi connectivity index (χ2n) is 5.10. The minimum atomic E-state index is -4.65. The lowest BCUT2D eigenvalue weighted by Crippen LogP contribution is -2.28. The second kappa shape index (κ2) is 8.05. The number of alkyl halides is 3. The zero-order valence-corrected chi connectivity index (χ0v) is 13.8. The molecule has 1 N–H and O–H groups in total. The van der Waals surface area contributed by atoms with E-state index < -0.39 is 42.3 Å². The van der Waals surface area contributed by atoms with E-state index in [4.69, 9.17) is 11.6 Å². The summed E-state index contributed by atoms with van der Waals surface area (Å²) < 4.78 is 43.1. The Morgan fingerprint density at radius 2 is 1.77 bits per heavy atom. The minimum Gasteiger partial charge on any atom is -0.454 e. The predicted octanol–water partition coefficient (Wildman–Crippen LogP) is 2.70. The van der Waals surface area contributed by atoms with Crippen molar-refractivity contribution < 1.29 is 27.5 Å². The maximum absolute atomic E-state index is 12.6. The third-order valence-electron chi connectivity index (χ3n) is 3.10. The molecule has 0 saturated carbocycles. The summed E-state index contributed by atoms with van der Waals surface area (Å²) in [5.74, 6) is -1.69. The number of hydrogen-bond donors (Lipinski definition) is 1. The summed E-state index contributed by atoms with van der Waals surface area (Å²) in [4.78, 5) is 34.9. The molecule has 0 aliphatic carbocycles. The van der Waals surface area contributed by atoms with E-state index in [9.17, 15) is 27.6 Å². The third kappa shape index (κ3) is 5.62. The summed E-state index contributed by atoms with van der Waals surface area (Å²) in [6.07, 6.45) is -4.14. The molecular formula is C16H12ClF3N2O4. The van der Waals surface area contributed by atoms with Gasteiger partial charge in [0.1, 0.15) is 6.54 Å². The monoisotopic (exact) mass is 388 g/mol. The molecule has 0 bridgehead atoms. The van der Waals surface area contributed by atoms with Gasteiger partial charge >= 0.3 is 12.1 Å². The van der Waals surface area contributed by atoms with Gasteiger partial charge in [0.25, 0.3) is 11.5 Å². The first kappa shape index (κ1) is 19.5. The van der Waals surface area contributed by atoms with Crippen molar-refractivity contribution in [3.63, 3.8) is 0 Å². The first-order chi connectivity index (χ1) is 12.1. The molecule has 26 heavy (non-hydrogen) atoms. The minimum absolute atomic E-state index is 0.421. The maximum atomic E-state index is 12.6. The van der Waals surface area contributed by atoms with Crippen LogP contribution in [0.5, 0.6) is 0 Å². The Morgan fingerprint density at radius 1 is 1.12 bits per heavy atom. The first-order valence-electron chi connectivity index (χ1n) is 7.14. The lowest BCUT2D eigenvalue weighted by molar-refractivity contribution is -0.148. The molecule has 0 unspecified atom stereocenters. The van der Waals surface area contributed by atoms with Crippen LogP contribution in [-0.2, 0) is 27.0 Å². The smallest absolute Gasteiger partial charge is 0.417 e. The number of carbonyl (C=O) groups excluding carboxylic acids is 2. The van der Waals surface area contributed by atoms with Gasteiger partial charge in [-0.25, -0.2) is 0 Å². The molecule has 138 valence electrons. The Kier molecular flexibility index (Phi) is 6.04. The van der Waals surface area contributed by atoms with Crippen molar-refractivity contribution in [2.75, 3.05) is 11.9 Å². The number of hydrogen-bond acceptors (Lipinski definition) is 4. The van der Waals surface area contributed by atoms with Crippen LogP contribution in [0.25, 0.3) is 0 Å². The summed E-state index contributed by atoms with van der Waals surface area (Å²) in [5, 5.41) is 2.91. The van der Waals surface area contributed by atoms with Gasteiger partial charge in [-0.3, -0.25) is 14.4 Å². The highest BCUT2D eigenvalue weighted by Gasteiger charge is 2.31. The first-order valence-corrected chi connectivity index (χ1v) is 7.51. The maximum Gasteiger partial charge on any atom is 0.417 e. The molecule has 0 saturated heterocycles. The van der Waals surface area contributed by atoms with Crippen LogP contribution in [0.1, 0.15) is 5.56 Å². The molecule has 2 aromatic rings. The third-order valence-corrected chi connectivity index (χ3v) is 3.35. The number of rotatable bonds is 5. The van der Waals surface area contributed by atoms with Gasteiger partial charge in [-0.1, -0.05) is 11.6 Å². The fraction of sp³-hybridized carbons (Fsp3) is 0.188. The molecule has 0 radical (unpaired) electrons. The Hall–Kier alpha value is -2.81. The fourth-order valence-corrected chi connectivity index (χ4v) is 2.01. The van der Waals surface area contributed by atoms with Crippen LogP contribution in [0.4, 0.5) is 18.9 Å². The molecule has 0 aliphatic rings. The highest BCUT2D eigenvalue weighted by molar-refractivity contribution is 6.30. The highest BCUT2D eigenvalue weighted by atomic mass is 35.5. The van der Waals surface area contributed by atoms with Gasteiger partial charge in [-0.2, -0.15) is 13.2 Å². The summed E-state index contributed by atoms with van der Waals surface area (Å²) in [6.45, 7) is -1.41. The van der Waals surface area contributed by atoms with Gasteiger partial charge in [-0.15, -0.1) is 0 Å². The number of aromatic nitrogens is 1. The van der Waals surface area contributed by atoms with Gasteiger partial charge in [0.15, 0.2) is 6.61 Å². The van der Waals surface area contributed by atoms with Crippen molar-refractivity contribution in [2.24, 2.45) is 0 Å². The normalized spacial score (nSPS) is 11.1. The number of ether oxygens (including phenoxy) is 1. The Labute approximate surface area is 150 Å². The number of nitrogens with one attached hydrogen (secondary N) is 1. The van der Waals surface area contributed by atoms with Gasteiger partial charge in [0.05, 0.1) is 5.56 Å². The average molecular weight is 389 g/mol. The molecule has 0 fully saturated rings. The molecule has 0 aliphatic heterocycles. The standard InChI is InChI=1S/C16H12ClF3N2O4/c17-11-2-4-12(5-3-11)21-13(23)9-26-15(25)8-22-7-10(16(18,19)20)1-6-14(22)24/h1-7H,8-9H2,(H,21,23). The Morgan fingerprint density at radius 3 is 2.38 bits per heavy atom. The number of esters is 1. The molecule has 2 rings (SSSR count). The Balaban J connectivity index is 1.91. The quantitative estimate of drug-likeness (QED) is 0.799. The zero-order valence-electron chi connectivity index (χ0n) is 13.0. The van der Waals surface area contributed by atoms with E-state index in [2.05, 4.69) is 10.1 Å². The van der Waals surface area contributed by atoms with Gasteiger partial charge < -0.3 is 14.6 Å². The van der Waals surface area contributed by atoms with E-state index >= 15 is 0 Å². The molecule has 0 spiro atoms. The van der Waals surface area contributed by atoms with E-state index in [-0.39, 0.29) is 0 Å². The SMILES string of the molecule is O=C(COC(=O)Cn1cc(C(F)(F)F)ccc1=O)Nc1ccc(Cl)cc1. The van der Waals surface area contributed by atoms with Crippen molar-refractivity contribution in [1.82, 2.24) is 4.57 Å². The molecule has 6 nitrogen and oxygen atoms in total. The lowest BCUT2D eigenvalue weighted by Gasteiger charge is -2.10. The van der Waals surface area contributed by atoms with Crippen LogP contribution in [-0.4, -0.2) is 23.1 Å². The number of benzene rings is 1. The van der Waals surface area contributed by atoms with Gasteiger partial charge in [0.2, 0.25) is 0 Å². The van der Waals surface area contributed by atoms with E-state index in [0.29, 0.717) is 33.6 Å². The second-order valence-corrected chi connectivity index (χ2v) is 5.53. The van der Waals surface area contributed by atoms with Crippen LogP contribution in [0.15, 0.2) is 47.4 Å². The predicted molar refractivity (Wildman–Crippen MR) is 86.7 cm³/mol. The molecule has 1 aromatic carbocycles. The van der Waals surface area contributed by atoms with Gasteiger partial charge in [0, 0.05) is 23.0 Å². The average Bonchev–Trinajstić information content (AvgIpc) is 2.56. The molecule has 0 atom stereocenters. The van der Waals surface area contributed by atoms with Crippen molar-refractivity contribution in [3.05, 3.63) is 63.5 Å². The van der Waals surface area contributed by atoms with Crippen LogP contribution in [0.2, 0.25) is 5.02 Å². The van der Waals surface area contributed by atoms with E-state index in [1.54, 1.807) is 12.1 Å². The summed E-state index contributed by atoms with van der Waals surface area (Å²) in [6, 6.07) is 7.47. The summed E-state index contributed by atoms with van der Waals surface area (Å²) >= 11 is 5.70. The number of nitrogens with zero attached hydrogens (tertiary/aromatic N) is 1. The number of carbonyl (C=O) groups is 2. The van der Waals surface area contributed by atoms with E-state index in [1.807, 2.05) is 0 Å². The number of pyridine rings is 1. The van der Waals surface area contributed by atoms with E-state index in [1.165, 1.54) is 12.1 Å². The number of anilines is 1. The molecular weight excluding hydrogens is 377 g/mol. The van der Waals surface area contributed by atoms with Crippen molar-refractivity contribution in [3.8, 4) is 0 Å². The zero-order chi connectivity index (χ0) is 19.3. The highest BCUT2D eigenvalue weighted by Crippen LogP contribution is 2.27. The molecule has 1 aromatic heterocycles. The van der Waals surface area contributed by atoms with Crippen LogP contribution >= 0.6 is 11.6 Å². The molecule has 1 heterocycles. The van der Waals surface area contributed by atoms with Crippen LogP contribution in [0.3, 0.4) is 0 Å². The van der Waals surface area contributed by atoms with Gasteiger partial charge in [-0.05, 0) is 30.3 Å².